The molecule has 0 aromatic heterocycles. The molecule has 37 heavy (non-hydrogen) atoms. The lowest BCUT2D eigenvalue weighted by Gasteiger charge is -2.18. The van der Waals surface area contributed by atoms with Gasteiger partial charge in [-0.05, 0) is 29.8 Å². The summed E-state index contributed by atoms with van der Waals surface area (Å²) in [6.45, 7) is 0. The molecule has 0 saturated carbocycles. The number of hydrogen-bond donors (Lipinski definition) is 1. The van der Waals surface area contributed by atoms with E-state index in [0.29, 0.717) is 33.4 Å². The second-order valence-corrected chi connectivity index (χ2v) is 8.38. The van der Waals surface area contributed by atoms with Crippen molar-refractivity contribution >= 4 is 28.6 Å². The fourth-order valence-corrected chi connectivity index (χ4v) is 3.69. The number of aliphatic carboxylic acids is 1. The van der Waals surface area contributed by atoms with E-state index in [0.717, 1.165) is 11.1 Å². The molecule has 2 aromatic carbocycles. The van der Waals surface area contributed by atoms with Crippen LogP contribution in [0, 0.1) is 5.82 Å². The fraction of sp³-hybridized carbons (Fsp3) is 0.192. The summed E-state index contributed by atoms with van der Waals surface area (Å²) in [5.74, 6) is -3.96. The quantitative estimate of drug-likeness (QED) is 0.254. The number of hydrogen-bond acceptors (Lipinski definition) is 5. The Kier molecular flexibility index (Phi) is 7.56. The molecule has 1 N–H and O–H groups in total. The monoisotopic (exact) mass is 518 g/mol. The van der Waals surface area contributed by atoms with Crippen LogP contribution in [0.15, 0.2) is 59.0 Å². The summed E-state index contributed by atoms with van der Waals surface area (Å²) in [7, 11) is 7.39. The van der Waals surface area contributed by atoms with E-state index >= 15 is 0 Å². The Bertz CT molecular complexity index is 1540. The van der Waals surface area contributed by atoms with Crippen LogP contribution in [0.2, 0.25) is 0 Å². The first kappa shape index (κ1) is 27.2. The molecular formula is C26H22F4N2O5. The Hall–Kier alpha value is -4.41. The highest BCUT2D eigenvalue weighted by molar-refractivity contribution is 6.07. The van der Waals surface area contributed by atoms with E-state index in [9.17, 15) is 27.5 Å². The molecule has 11 heteroatoms. The number of carbonyl (C=O) groups excluding carboxylic acids is 1. The van der Waals surface area contributed by atoms with Crippen LogP contribution in [0.4, 0.5) is 23.2 Å². The van der Waals surface area contributed by atoms with Crippen LogP contribution < -0.4 is 19.9 Å². The van der Waals surface area contributed by atoms with Gasteiger partial charge in [-0.3, -0.25) is 0 Å². The lowest BCUT2D eigenvalue weighted by atomic mass is 9.90. The number of nitrogens with zero attached hydrogens (tertiary/aromatic N) is 2. The summed E-state index contributed by atoms with van der Waals surface area (Å²) in [5.41, 5.74) is 3.37. The van der Waals surface area contributed by atoms with Crippen LogP contribution in [0.5, 0.6) is 0 Å². The maximum Gasteiger partial charge on any atom is 0.430 e. The average Bonchev–Trinajstić information content (AvgIpc) is 2.81. The van der Waals surface area contributed by atoms with E-state index in [4.69, 9.17) is 14.3 Å². The first-order valence-electron chi connectivity index (χ1n) is 10.7. The molecule has 0 amide bonds. The predicted octanol–water partition coefficient (Wildman–Crippen LogP) is 3.44. The Morgan fingerprint density at radius 1 is 1.00 bits per heavy atom. The molecule has 0 fully saturated rings. The van der Waals surface area contributed by atoms with E-state index in [1.165, 1.54) is 6.07 Å². The van der Waals surface area contributed by atoms with Crippen LogP contribution in [-0.2, 0) is 4.79 Å². The van der Waals surface area contributed by atoms with Crippen molar-refractivity contribution in [1.29, 1.82) is 0 Å². The molecule has 1 heterocycles. The third-order valence-corrected chi connectivity index (χ3v) is 5.43. The number of anilines is 1. The first-order chi connectivity index (χ1) is 17.2. The van der Waals surface area contributed by atoms with Crippen molar-refractivity contribution in [3.05, 3.63) is 71.3 Å². The van der Waals surface area contributed by atoms with E-state index in [2.05, 4.69) is 0 Å². The lowest BCUT2D eigenvalue weighted by molar-refractivity contribution is -0.344. The minimum absolute atomic E-state index is 0.153. The van der Waals surface area contributed by atoms with Gasteiger partial charge in [-0.1, -0.05) is 18.2 Å². The van der Waals surface area contributed by atoms with Crippen LogP contribution in [0.1, 0.15) is 10.4 Å². The standard InChI is InChI=1S/C24H21FN2O3.C2HF3O2/c1-26(2)14-9-10-17-21(11-14)30-22-13-20(27(3)4)19(25)12-18(22)23(17)15-7-5-6-8-16(15)24(28)29;3-2(4,5)1(6)7/h5-13H,1-4H3;(H,6,7). The topological polar surface area (TPSA) is 96.8 Å². The zero-order valence-corrected chi connectivity index (χ0v) is 20.2. The van der Waals surface area contributed by atoms with Crippen molar-refractivity contribution in [3.63, 3.8) is 0 Å². The van der Waals surface area contributed by atoms with Crippen LogP contribution in [0.25, 0.3) is 33.4 Å². The predicted molar refractivity (Wildman–Crippen MR) is 128 cm³/mol. The summed E-state index contributed by atoms with van der Waals surface area (Å²) in [5, 5.41) is 19.6. The molecule has 0 radical (unpaired) electrons. The number of fused-ring (bicyclic) bond motifs is 2. The molecule has 2 aromatic rings. The summed E-state index contributed by atoms with van der Waals surface area (Å²) in [6, 6.07) is 15.6. The summed E-state index contributed by atoms with van der Waals surface area (Å²) < 4.78 is 54.3. The smallest absolute Gasteiger partial charge is 0.430 e. The molecule has 1 aliphatic carbocycles. The molecule has 0 unspecified atom stereocenters. The summed E-state index contributed by atoms with van der Waals surface area (Å²) in [4.78, 5) is 22.7. The number of halogens is 4. The van der Waals surface area contributed by atoms with Crippen LogP contribution in [-0.4, -0.2) is 51.4 Å². The third-order valence-electron chi connectivity index (χ3n) is 5.43. The van der Waals surface area contributed by atoms with E-state index in [1.807, 2.05) is 37.2 Å². The maximum atomic E-state index is 14.9. The molecule has 1 aliphatic heterocycles. The van der Waals surface area contributed by atoms with Gasteiger partial charge in [0.1, 0.15) is 31.4 Å². The molecule has 0 spiro atoms. The minimum atomic E-state index is -5.19. The van der Waals surface area contributed by atoms with Gasteiger partial charge in [-0.2, -0.15) is 17.6 Å². The average molecular weight is 518 g/mol. The van der Waals surface area contributed by atoms with Crippen molar-refractivity contribution in [1.82, 2.24) is 4.58 Å². The van der Waals surface area contributed by atoms with Crippen molar-refractivity contribution in [3.8, 4) is 22.5 Å². The number of aromatic carboxylic acids is 1. The Balaban J connectivity index is 0.000000479. The third kappa shape index (κ3) is 5.71. The van der Waals surface area contributed by atoms with Gasteiger partial charge in [0, 0.05) is 42.4 Å². The second-order valence-electron chi connectivity index (χ2n) is 8.38. The van der Waals surface area contributed by atoms with Crippen LogP contribution >= 0.6 is 0 Å². The molecule has 0 saturated heterocycles. The van der Waals surface area contributed by atoms with Crippen molar-refractivity contribution in [2.75, 3.05) is 33.1 Å². The number of carboxylic acids is 2. The fourth-order valence-electron chi connectivity index (χ4n) is 3.69. The van der Waals surface area contributed by atoms with Gasteiger partial charge in [0.05, 0.1) is 11.6 Å². The molecule has 0 atom stereocenters. The van der Waals surface area contributed by atoms with Gasteiger partial charge in [0.15, 0.2) is 5.82 Å². The molecule has 194 valence electrons. The summed E-state index contributed by atoms with van der Waals surface area (Å²) >= 11 is 0. The van der Waals surface area contributed by atoms with Crippen LogP contribution in [0.3, 0.4) is 0 Å². The zero-order chi connectivity index (χ0) is 27.7. The largest absolute Gasteiger partial charge is 0.542 e. The van der Waals surface area contributed by atoms with Crippen molar-refractivity contribution in [2.24, 2.45) is 0 Å². The van der Waals surface area contributed by atoms with E-state index < -0.39 is 23.9 Å². The van der Waals surface area contributed by atoms with Gasteiger partial charge in [0.25, 0.3) is 0 Å². The first-order valence-corrected chi connectivity index (χ1v) is 10.7. The maximum absolute atomic E-state index is 14.9. The zero-order valence-electron chi connectivity index (χ0n) is 20.2. The second kappa shape index (κ2) is 10.3. The summed E-state index contributed by atoms with van der Waals surface area (Å²) in [6.07, 6.45) is -5.19. The van der Waals surface area contributed by atoms with E-state index in [-0.39, 0.29) is 5.56 Å². The van der Waals surface area contributed by atoms with E-state index in [1.54, 1.807) is 49.0 Å². The number of benzene rings is 3. The molecule has 4 rings (SSSR count). The van der Waals surface area contributed by atoms with Gasteiger partial charge in [-0.25, -0.2) is 9.37 Å². The highest BCUT2D eigenvalue weighted by Crippen LogP contribution is 2.42. The van der Waals surface area contributed by atoms with Gasteiger partial charge >= 0.3 is 12.1 Å². The number of rotatable bonds is 3. The van der Waals surface area contributed by atoms with Gasteiger partial charge < -0.3 is 24.3 Å². The molecular weight excluding hydrogens is 496 g/mol. The Morgan fingerprint density at radius 2 is 1.62 bits per heavy atom. The molecule has 7 nitrogen and oxygen atoms in total. The SMILES string of the molecule is CN(C)c1ccc2c(-c3ccccc3C(=O)O)c3cc(F)c(=[N+](C)C)cc-3oc2c1.O=C([O-])C(F)(F)F. The van der Waals surface area contributed by atoms with Crippen molar-refractivity contribution < 1.29 is 41.8 Å². The molecule has 2 aliphatic rings. The molecule has 0 bridgehead atoms. The van der Waals surface area contributed by atoms with Crippen molar-refractivity contribution in [2.45, 2.75) is 6.18 Å². The Labute approximate surface area is 208 Å². The normalized spacial score (nSPS) is 11.1. The number of carbonyl (C=O) groups is 2. The van der Waals surface area contributed by atoms with Gasteiger partial charge in [0.2, 0.25) is 5.36 Å². The Morgan fingerprint density at radius 3 is 2.16 bits per heavy atom. The van der Waals surface area contributed by atoms with Gasteiger partial charge in [-0.15, -0.1) is 0 Å². The highest BCUT2D eigenvalue weighted by Gasteiger charge is 2.29. The number of carboxylic acid groups (broad SMARTS) is 2. The number of alkyl halides is 3. The minimum Gasteiger partial charge on any atom is -0.542 e. The lowest BCUT2D eigenvalue weighted by Crippen LogP contribution is -2.37. The highest BCUT2D eigenvalue weighted by atomic mass is 19.4.